The van der Waals surface area contributed by atoms with Gasteiger partial charge in [-0.2, -0.15) is 0 Å². The highest BCUT2D eigenvalue weighted by atomic mass is 19.1. The minimum Gasteiger partial charge on any atom is -0.486 e. The lowest BCUT2D eigenvalue weighted by molar-refractivity contribution is -0.234. The summed E-state index contributed by atoms with van der Waals surface area (Å²) in [5.41, 5.74) is -1.17. The van der Waals surface area contributed by atoms with Crippen LogP contribution in [-0.2, 0) is 28.7 Å². The number of alkyl halides is 2. The van der Waals surface area contributed by atoms with Crippen LogP contribution in [0, 0.1) is 34.4 Å². The number of nitrogens with two attached hydrogens (primary N) is 1. The summed E-state index contributed by atoms with van der Waals surface area (Å²) in [4.78, 5) is 51.7. The molecular formula is C39H50F3N3O8. The van der Waals surface area contributed by atoms with Crippen molar-refractivity contribution in [3.05, 3.63) is 47.8 Å². The number of aliphatic hydroxyl groups excluding tert-OH is 1. The number of fused-ring (bicyclic) bond motifs is 7. The zero-order valence-electron chi connectivity index (χ0n) is 30.9. The number of ether oxygens (including phenoxy) is 3. The highest BCUT2D eigenvalue weighted by molar-refractivity contribution is 6.01. The number of hydrogen-bond acceptors (Lipinski definition) is 9. The summed E-state index contributed by atoms with van der Waals surface area (Å²) >= 11 is 0. The zero-order chi connectivity index (χ0) is 38.8. The normalized spacial score (nSPS) is 38.2. The monoisotopic (exact) mass is 745 g/mol. The van der Waals surface area contributed by atoms with E-state index in [1.165, 1.54) is 38.1 Å². The number of aliphatic hydroxyl groups is 1. The maximum Gasteiger partial charge on any atom is 0.246 e. The standard InChI is InChI=1S/C39H50F3N3O8/c1-7-8-32-52-31-16-23-24-15-26(40)25-13-21(46)11-12-36(25,5)38(24,42)29(47)17-37(23,6)39(31,53-32)30(48)18-51-22-9-10-28(27(41)14-22)45-34(49)20(4)44-35(50)33(43)19(2)3/h9-14,19-20,23-24,26,29,31-33,47H,7-8,15-18,43H2,1-6H3,(H,44,50)(H,45,49)/t20-,23-,24-,26-,29-,31+,32?,33-,36-,37-,38-,39+/m0/s1. The number of rotatable bonds is 11. The second-order valence-corrected chi connectivity index (χ2v) is 16.1. The first-order valence-electron chi connectivity index (χ1n) is 18.5. The second-order valence-electron chi connectivity index (χ2n) is 16.1. The van der Waals surface area contributed by atoms with Crippen molar-refractivity contribution >= 4 is 29.1 Å². The molecule has 14 heteroatoms. The van der Waals surface area contributed by atoms with E-state index < -0.39 is 106 Å². The van der Waals surface area contributed by atoms with Crippen LogP contribution in [0.15, 0.2) is 42.0 Å². The molecule has 1 unspecified atom stereocenters. The topological polar surface area (TPSA) is 166 Å². The molecule has 4 fully saturated rings. The van der Waals surface area contributed by atoms with Crippen LogP contribution in [0.4, 0.5) is 18.9 Å². The second kappa shape index (κ2) is 13.9. The number of ketones is 2. The first-order chi connectivity index (χ1) is 24.8. The van der Waals surface area contributed by atoms with Crippen molar-refractivity contribution in [2.75, 3.05) is 11.9 Å². The molecule has 4 aliphatic carbocycles. The Morgan fingerprint density at radius 3 is 2.51 bits per heavy atom. The molecule has 6 rings (SSSR count). The van der Waals surface area contributed by atoms with Crippen LogP contribution in [0.1, 0.15) is 73.6 Å². The van der Waals surface area contributed by atoms with Gasteiger partial charge in [-0.15, -0.1) is 0 Å². The van der Waals surface area contributed by atoms with Gasteiger partial charge < -0.3 is 35.7 Å². The SMILES string of the molecule is CCCC1O[C@@H]2C[C@H]3[C@@H]4C[C@H](F)C5=CC(=O)C=C[C@]5(C)[C@@]4(F)[C@@H](O)C[C@]3(C)[C@]2(C(=O)COc2ccc(NC(=O)[C@H](C)NC(=O)[C@@H](N)C(C)C)c(F)c2)O1. The Morgan fingerprint density at radius 2 is 1.85 bits per heavy atom. The van der Waals surface area contributed by atoms with Gasteiger partial charge >= 0.3 is 0 Å². The fourth-order valence-corrected chi connectivity index (χ4v) is 9.75. The van der Waals surface area contributed by atoms with Crippen LogP contribution >= 0.6 is 0 Å². The Balaban J connectivity index is 1.22. The van der Waals surface area contributed by atoms with Gasteiger partial charge in [0.25, 0.3) is 0 Å². The van der Waals surface area contributed by atoms with E-state index in [-0.39, 0.29) is 42.2 Å². The van der Waals surface area contributed by atoms with E-state index in [0.717, 1.165) is 12.1 Å². The number of nitrogens with one attached hydrogen (secondary N) is 2. The Labute approximate surface area is 307 Å². The third-order valence-corrected chi connectivity index (χ3v) is 12.7. The molecule has 0 spiro atoms. The van der Waals surface area contributed by atoms with Crippen LogP contribution in [0.5, 0.6) is 5.75 Å². The molecule has 3 saturated carbocycles. The molecule has 11 nitrogen and oxygen atoms in total. The number of Topliss-reactive ketones (excluding diaryl/α,β-unsaturated/α-hetero) is 1. The summed E-state index contributed by atoms with van der Waals surface area (Å²) in [5, 5.41) is 16.7. The van der Waals surface area contributed by atoms with Crippen LogP contribution in [0.25, 0.3) is 0 Å². The van der Waals surface area contributed by atoms with Gasteiger partial charge in [0.2, 0.25) is 17.6 Å². The molecule has 1 heterocycles. The molecule has 1 aromatic carbocycles. The van der Waals surface area contributed by atoms with Crippen molar-refractivity contribution in [3.63, 3.8) is 0 Å². The fraction of sp³-hybridized carbons (Fsp3) is 0.641. The number of benzene rings is 1. The number of hydrogen-bond donors (Lipinski definition) is 4. The van der Waals surface area contributed by atoms with Gasteiger partial charge in [0.05, 0.1) is 23.9 Å². The molecule has 0 aromatic heterocycles. The van der Waals surface area contributed by atoms with E-state index in [1.54, 1.807) is 20.8 Å². The number of amides is 2. The lowest BCUT2D eigenvalue weighted by Crippen LogP contribution is -2.71. The first-order valence-corrected chi connectivity index (χ1v) is 18.5. The summed E-state index contributed by atoms with van der Waals surface area (Å²) < 4.78 is 67.5. The minimum atomic E-state index is -2.34. The van der Waals surface area contributed by atoms with E-state index in [9.17, 15) is 24.3 Å². The minimum absolute atomic E-state index is 0.00441. The lowest BCUT2D eigenvalue weighted by atomic mass is 9.44. The average Bonchev–Trinajstić information content (AvgIpc) is 3.58. The van der Waals surface area contributed by atoms with Crippen molar-refractivity contribution in [2.24, 2.45) is 34.3 Å². The fourth-order valence-electron chi connectivity index (χ4n) is 9.75. The molecular weight excluding hydrogens is 695 g/mol. The van der Waals surface area contributed by atoms with Crippen molar-refractivity contribution < 1.29 is 51.7 Å². The van der Waals surface area contributed by atoms with Crippen LogP contribution < -0.4 is 21.1 Å². The van der Waals surface area contributed by atoms with Crippen molar-refractivity contribution in [3.8, 4) is 5.75 Å². The summed E-state index contributed by atoms with van der Waals surface area (Å²) in [6.07, 6.45) is -0.376. The summed E-state index contributed by atoms with van der Waals surface area (Å²) in [6.45, 7) is 9.59. The number of allylic oxidation sites excluding steroid dienone is 4. The van der Waals surface area contributed by atoms with E-state index >= 15 is 13.2 Å². The van der Waals surface area contributed by atoms with Gasteiger partial charge in [0.15, 0.2) is 23.3 Å². The molecule has 290 valence electrons. The highest BCUT2D eigenvalue weighted by Crippen LogP contribution is 2.72. The number of carbonyl (C=O) groups excluding carboxylic acids is 4. The van der Waals surface area contributed by atoms with E-state index in [1.807, 2.05) is 6.92 Å². The van der Waals surface area contributed by atoms with Gasteiger partial charge in [-0.3, -0.25) is 19.2 Å². The number of anilines is 1. The number of carbonyl (C=O) groups is 4. The third-order valence-electron chi connectivity index (χ3n) is 12.7. The molecule has 1 aliphatic heterocycles. The quantitative estimate of drug-likeness (QED) is 0.257. The maximum absolute atomic E-state index is 17.7. The smallest absolute Gasteiger partial charge is 0.246 e. The van der Waals surface area contributed by atoms with E-state index in [2.05, 4.69) is 10.6 Å². The average molecular weight is 746 g/mol. The predicted molar refractivity (Wildman–Crippen MR) is 187 cm³/mol. The van der Waals surface area contributed by atoms with Gasteiger partial charge in [-0.05, 0) is 81.2 Å². The van der Waals surface area contributed by atoms with Gasteiger partial charge in [-0.25, -0.2) is 13.2 Å². The van der Waals surface area contributed by atoms with Gasteiger partial charge in [-0.1, -0.05) is 40.2 Å². The zero-order valence-corrected chi connectivity index (χ0v) is 30.9. The Hall–Kier alpha value is -3.59. The van der Waals surface area contributed by atoms with Gasteiger partial charge in [0.1, 0.15) is 30.4 Å². The third kappa shape index (κ3) is 6.04. The summed E-state index contributed by atoms with van der Waals surface area (Å²) in [7, 11) is 0. The number of halogens is 3. The molecule has 12 atom stereocenters. The Bertz CT molecular complexity index is 1740. The van der Waals surface area contributed by atoms with Crippen LogP contribution in [-0.4, -0.2) is 83.1 Å². The molecule has 0 radical (unpaired) electrons. The molecule has 1 aromatic rings. The molecule has 0 bridgehead atoms. The predicted octanol–water partition coefficient (Wildman–Crippen LogP) is 4.41. The lowest BCUT2D eigenvalue weighted by Gasteiger charge is -2.63. The molecule has 2 amide bonds. The largest absolute Gasteiger partial charge is 0.486 e. The first kappa shape index (κ1) is 39.1. The highest BCUT2D eigenvalue weighted by Gasteiger charge is 2.80. The van der Waals surface area contributed by atoms with Crippen molar-refractivity contribution in [1.82, 2.24) is 5.32 Å². The van der Waals surface area contributed by atoms with Crippen LogP contribution in [0.2, 0.25) is 0 Å². The Kier molecular flexibility index (Phi) is 10.3. The summed E-state index contributed by atoms with van der Waals surface area (Å²) in [5.74, 6) is -4.92. The molecule has 5 aliphatic rings. The Morgan fingerprint density at radius 1 is 1.13 bits per heavy atom. The van der Waals surface area contributed by atoms with E-state index in [0.29, 0.717) is 12.8 Å². The van der Waals surface area contributed by atoms with Crippen molar-refractivity contribution in [2.45, 2.75) is 122 Å². The van der Waals surface area contributed by atoms with Gasteiger partial charge in [0, 0.05) is 22.8 Å². The summed E-state index contributed by atoms with van der Waals surface area (Å²) in [6, 6.07) is 1.79. The van der Waals surface area contributed by atoms with Crippen LogP contribution in [0.3, 0.4) is 0 Å². The molecule has 5 N–H and O–H groups in total. The molecule has 1 saturated heterocycles. The van der Waals surface area contributed by atoms with E-state index in [4.69, 9.17) is 19.9 Å². The van der Waals surface area contributed by atoms with Crippen molar-refractivity contribution in [1.29, 1.82) is 0 Å². The molecule has 53 heavy (non-hydrogen) atoms. The maximum atomic E-state index is 17.7.